The second kappa shape index (κ2) is 22.4. The summed E-state index contributed by atoms with van der Waals surface area (Å²) in [6.07, 6.45) is 7.74. The Labute approximate surface area is 351 Å². The summed E-state index contributed by atoms with van der Waals surface area (Å²) in [5.41, 5.74) is 2.17. The lowest BCUT2D eigenvalue weighted by atomic mass is 9.84. The molecule has 2 aromatic rings. The van der Waals surface area contributed by atoms with Crippen molar-refractivity contribution in [2.45, 2.75) is 144 Å². The van der Waals surface area contributed by atoms with Gasteiger partial charge in [0.05, 0.1) is 12.1 Å². The van der Waals surface area contributed by atoms with E-state index < -0.39 is 23.5 Å². The van der Waals surface area contributed by atoms with E-state index in [1.807, 2.05) is 90.1 Å². The maximum atomic E-state index is 14.3. The number of benzene rings is 2. The summed E-state index contributed by atoms with van der Waals surface area (Å²) in [7, 11) is 1.75. The zero-order valence-corrected chi connectivity index (χ0v) is 36.9. The van der Waals surface area contributed by atoms with Gasteiger partial charge in [-0.25, -0.2) is 0 Å². The van der Waals surface area contributed by atoms with Gasteiger partial charge in [0.15, 0.2) is 5.78 Å². The van der Waals surface area contributed by atoms with Crippen LogP contribution in [0.2, 0.25) is 0 Å². The van der Waals surface area contributed by atoms with Gasteiger partial charge in [-0.05, 0) is 82.7 Å². The molecule has 12 heteroatoms. The molecule has 2 aromatic carbocycles. The molecule has 2 aliphatic heterocycles. The van der Waals surface area contributed by atoms with Gasteiger partial charge in [0, 0.05) is 42.4 Å². The molecule has 4 amide bonds. The third-order valence-corrected chi connectivity index (χ3v) is 11.6. The monoisotopic (exact) mass is 814 g/mol. The van der Waals surface area contributed by atoms with Crippen molar-refractivity contribution in [1.82, 2.24) is 25.3 Å². The predicted molar refractivity (Wildman–Crippen MR) is 228 cm³/mol. The third-order valence-electron chi connectivity index (χ3n) is 11.6. The lowest BCUT2D eigenvalue weighted by molar-refractivity contribution is -0.191. The fourth-order valence-electron chi connectivity index (χ4n) is 8.11. The average molecular weight is 814 g/mol. The van der Waals surface area contributed by atoms with Crippen LogP contribution in [-0.4, -0.2) is 107 Å². The van der Waals surface area contributed by atoms with Crippen molar-refractivity contribution < 1.29 is 33.6 Å². The molecule has 2 fully saturated rings. The molecule has 12 nitrogen and oxygen atoms in total. The van der Waals surface area contributed by atoms with E-state index in [2.05, 4.69) is 29.4 Å². The summed E-state index contributed by atoms with van der Waals surface area (Å²) < 4.78 is 0. The smallest absolute Gasteiger partial charge is 0.352 e. The second-order valence-corrected chi connectivity index (χ2v) is 17.6. The topological polar surface area (TPSA) is 153 Å². The van der Waals surface area contributed by atoms with E-state index in [0.717, 1.165) is 44.2 Å². The SMILES string of the molecule is CCC(C)N1CCCC[C@@H]1C(=O)N[C@H](C(=O)N(C)[C@H](/C=C(\C)C(=O)N1CCC[C@H]1C(=O)N[C@H](C)Cc1ccc(C(=O)c2ccccc2)cc1)C(C)C)C(C)(C)C.O=C=O. The van der Waals surface area contributed by atoms with E-state index in [0.29, 0.717) is 36.1 Å². The predicted octanol–water partition coefficient (Wildman–Crippen LogP) is 5.99. The molecule has 2 saturated heterocycles. The summed E-state index contributed by atoms with van der Waals surface area (Å²) in [6, 6.07) is 14.7. The first kappa shape index (κ1) is 48.4. The number of rotatable bonds is 15. The summed E-state index contributed by atoms with van der Waals surface area (Å²) in [5.74, 6) is -0.761. The van der Waals surface area contributed by atoms with E-state index in [-0.39, 0.29) is 59.6 Å². The van der Waals surface area contributed by atoms with Crippen LogP contribution in [0, 0.1) is 11.3 Å². The number of nitrogens with one attached hydrogen (secondary N) is 2. The summed E-state index contributed by atoms with van der Waals surface area (Å²) in [6.45, 7) is 19.3. The number of carbonyl (C=O) groups excluding carboxylic acids is 7. The molecule has 0 aliphatic carbocycles. The number of ketones is 1. The molecular weight excluding hydrogens is 747 g/mol. The summed E-state index contributed by atoms with van der Waals surface area (Å²) in [5, 5.41) is 6.28. The van der Waals surface area contributed by atoms with Crippen LogP contribution in [0.25, 0.3) is 0 Å². The highest BCUT2D eigenvalue weighted by Crippen LogP contribution is 2.27. The first-order chi connectivity index (χ1) is 27.9. The quantitative estimate of drug-likeness (QED) is 0.165. The number of hydrogen-bond donors (Lipinski definition) is 2. The highest BCUT2D eigenvalue weighted by Gasteiger charge is 2.41. The molecule has 4 rings (SSSR count). The fourth-order valence-corrected chi connectivity index (χ4v) is 8.11. The molecule has 2 heterocycles. The third kappa shape index (κ3) is 13.3. The van der Waals surface area contributed by atoms with Gasteiger partial charge in [-0.3, -0.25) is 28.9 Å². The van der Waals surface area contributed by atoms with Gasteiger partial charge in [-0.15, -0.1) is 0 Å². The van der Waals surface area contributed by atoms with Crippen molar-refractivity contribution in [1.29, 1.82) is 0 Å². The minimum atomic E-state index is -0.755. The van der Waals surface area contributed by atoms with Crippen LogP contribution < -0.4 is 10.6 Å². The first-order valence-corrected chi connectivity index (χ1v) is 21.2. The molecule has 59 heavy (non-hydrogen) atoms. The fraction of sp³-hybridized carbons (Fsp3) is 0.574. The Balaban J connectivity index is 0.00000300. The van der Waals surface area contributed by atoms with E-state index >= 15 is 0 Å². The van der Waals surface area contributed by atoms with Crippen molar-refractivity contribution >= 4 is 35.6 Å². The van der Waals surface area contributed by atoms with E-state index in [4.69, 9.17) is 9.59 Å². The molecule has 0 aromatic heterocycles. The Kier molecular flexibility index (Phi) is 18.4. The van der Waals surface area contributed by atoms with Crippen LogP contribution in [0.3, 0.4) is 0 Å². The molecule has 6 atom stereocenters. The zero-order chi connectivity index (χ0) is 44.0. The normalized spacial score (nSPS) is 19.3. The van der Waals surface area contributed by atoms with Gasteiger partial charge in [0.1, 0.15) is 12.1 Å². The number of amides is 4. The molecule has 0 radical (unpaired) electrons. The van der Waals surface area contributed by atoms with Crippen molar-refractivity contribution in [3.05, 3.63) is 82.9 Å². The Bertz CT molecular complexity index is 1800. The van der Waals surface area contributed by atoms with Crippen molar-refractivity contribution in [2.75, 3.05) is 20.1 Å². The van der Waals surface area contributed by atoms with Crippen LogP contribution in [0.4, 0.5) is 0 Å². The minimum absolute atomic E-state index is 0.0219. The molecule has 0 bridgehead atoms. The van der Waals surface area contributed by atoms with Gasteiger partial charge in [0.25, 0.3) is 0 Å². The Hall–Kier alpha value is -4.93. The van der Waals surface area contributed by atoms with Crippen LogP contribution >= 0.6 is 0 Å². The number of carbonyl (C=O) groups is 5. The average Bonchev–Trinajstić information content (AvgIpc) is 3.71. The van der Waals surface area contributed by atoms with E-state index in [9.17, 15) is 24.0 Å². The molecule has 1 unspecified atom stereocenters. The Morgan fingerprint density at radius 2 is 1.41 bits per heavy atom. The number of piperidine rings is 1. The van der Waals surface area contributed by atoms with Gasteiger partial charge in [-0.2, -0.15) is 9.59 Å². The lowest BCUT2D eigenvalue weighted by Gasteiger charge is -2.41. The van der Waals surface area contributed by atoms with Gasteiger partial charge in [0.2, 0.25) is 23.6 Å². The van der Waals surface area contributed by atoms with Crippen LogP contribution in [0.15, 0.2) is 66.2 Å². The van der Waals surface area contributed by atoms with Crippen molar-refractivity contribution in [3.8, 4) is 0 Å². The molecular formula is C47H67N5O7. The maximum absolute atomic E-state index is 14.3. The molecule has 0 spiro atoms. The largest absolute Gasteiger partial charge is 0.373 e. The highest BCUT2D eigenvalue weighted by molar-refractivity contribution is 6.09. The van der Waals surface area contributed by atoms with Crippen LogP contribution in [0.1, 0.15) is 122 Å². The molecule has 2 N–H and O–H groups in total. The lowest BCUT2D eigenvalue weighted by Crippen LogP contribution is -2.60. The molecule has 322 valence electrons. The standard InChI is InChI=1S/C46H67N5O5.CO2/c1-11-33(6)50-26-16-15-20-37(50)43(54)48-41(46(7,8)9)45(56)49(10)39(30(2)3)28-31(4)44(55)51-27-17-21-38(51)42(53)47-32(5)29-34-22-24-36(25-23-34)40(52)35-18-13-12-14-19-35;2-1-3/h12-14,18-19,22-25,28,30,32-33,37-39,41H,11,15-17,20-21,26-27,29H2,1-10H3,(H,47,53)(H,48,54);/b31-28+;/t32-,33?,37-,38+,39-,41-;/m1./s1. The highest BCUT2D eigenvalue weighted by atomic mass is 16.2. The maximum Gasteiger partial charge on any atom is 0.373 e. The zero-order valence-electron chi connectivity index (χ0n) is 36.9. The Morgan fingerprint density at radius 1 is 0.831 bits per heavy atom. The summed E-state index contributed by atoms with van der Waals surface area (Å²) >= 11 is 0. The number of likely N-dealkylation sites (tertiary alicyclic amines) is 2. The molecule has 0 saturated carbocycles. The number of nitrogens with zero attached hydrogens (tertiary/aromatic N) is 3. The molecule has 2 aliphatic rings. The minimum Gasteiger partial charge on any atom is -0.352 e. The van der Waals surface area contributed by atoms with E-state index in [1.54, 1.807) is 35.9 Å². The van der Waals surface area contributed by atoms with Gasteiger partial charge < -0.3 is 20.4 Å². The van der Waals surface area contributed by atoms with Crippen LogP contribution in [-0.2, 0) is 35.2 Å². The summed E-state index contributed by atoms with van der Waals surface area (Å²) in [4.78, 5) is 90.4. The number of likely N-dealkylation sites (N-methyl/N-ethyl adjacent to an activating group) is 1. The van der Waals surface area contributed by atoms with Gasteiger partial charge >= 0.3 is 6.15 Å². The van der Waals surface area contributed by atoms with E-state index in [1.165, 1.54) is 0 Å². The van der Waals surface area contributed by atoms with Crippen LogP contribution in [0.5, 0.6) is 0 Å². The van der Waals surface area contributed by atoms with Crippen molar-refractivity contribution in [3.63, 3.8) is 0 Å². The second-order valence-electron chi connectivity index (χ2n) is 17.6. The first-order valence-electron chi connectivity index (χ1n) is 21.2. The van der Waals surface area contributed by atoms with Crippen molar-refractivity contribution in [2.24, 2.45) is 11.3 Å². The Morgan fingerprint density at radius 3 is 1.98 bits per heavy atom. The van der Waals surface area contributed by atoms with Gasteiger partial charge in [-0.1, -0.05) is 109 Å². The number of hydrogen-bond acceptors (Lipinski definition) is 8.